The molecule has 0 aliphatic carbocycles. The maximum Gasteiger partial charge on any atom is 0.417 e. The first kappa shape index (κ1) is 21.4. The molecule has 0 spiro atoms. The molecule has 8 heteroatoms. The molecule has 28 heavy (non-hydrogen) atoms. The van der Waals surface area contributed by atoms with Crippen LogP contribution in [0.5, 0.6) is 0 Å². The lowest BCUT2D eigenvalue weighted by Crippen LogP contribution is -2.40. The molecule has 0 aliphatic heterocycles. The molecule has 0 aliphatic rings. The Morgan fingerprint density at radius 1 is 1.21 bits per heavy atom. The number of furan rings is 1. The van der Waals surface area contributed by atoms with Crippen LogP contribution in [0.1, 0.15) is 31.9 Å². The van der Waals surface area contributed by atoms with Crippen LogP contribution in [0.25, 0.3) is 0 Å². The number of aliphatic hydroxyl groups is 1. The van der Waals surface area contributed by atoms with E-state index in [1.165, 1.54) is 24.5 Å². The van der Waals surface area contributed by atoms with Gasteiger partial charge in [0.1, 0.15) is 11.7 Å². The molecule has 0 saturated heterocycles. The van der Waals surface area contributed by atoms with Crippen LogP contribution in [-0.2, 0) is 10.9 Å². The molecule has 2 rings (SSSR count). The summed E-state index contributed by atoms with van der Waals surface area (Å²) in [7, 11) is 0. The van der Waals surface area contributed by atoms with Crippen molar-refractivity contribution in [2.45, 2.75) is 38.7 Å². The van der Waals surface area contributed by atoms with Crippen LogP contribution in [-0.4, -0.2) is 29.4 Å². The highest BCUT2D eigenvalue weighted by molar-refractivity contribution is 5.86. The van der Waals surface area contributed by atoms with Crippen LogP contribution in [0.4, 0.5) is 23.8 Å². The highest BCUT2D eigenvalue weighted by Crippen LogP contribution is 2.29. The van der Waals surface area contributed by atoms with E-state index >= 15 is 0 Å². The monoisotopic (exact) mass is 395 g/mol. The molecule has 1 N–H and O–H groups in total. The number of halogens is 3. The average Bonchev–Trinajstić information content (AvgIpc) is 3.10. The first-order chi connectivity index (χ1) is 13.0. The lowest BCUT2D eigenvalue weighted by Gasteiger charge is -2.26. The molecular weight excluding hydrogens is 375 g/mol. The van der Waals surface area contributed by atoms with Gasteiger partial charge in [-0.1, -0.05) is 11.8 Å². The van der Waals surface area contributed by atoms with Gasteiger partial charge in [-0.05, 0) is 51.1 Å². The van der Waals surface area contributed by atoms with Gasteiger partial charge >= 0.3 is 12.3 Å². The van der Waals surface area contributed by atoms with Gasteiger partial charge in [0, 0.05) is 11.6 Å². The number of ether oxygens (including phenoxy) is 1. The maximum atomic E-state index is 12.6. The molecule has 0 bridgehead atoms. The summed E-state index contributed by atoms with van der Waals surface area (Å²) in [6.07, 6.45) is -5.06. The zero-order valence-corrected chi connectivity index (χ0v) is 15.6. The summed E-state index contributed by atoms with van der Waals surface area (Å²) in [5, 5.41) is 10.2. The van der Waals surface area contributed by atoms with Crippen molar-refractivity contribution in [1.82, 2.24) is 0 Å². The third-order valence-electron chi connectivity index (χ3n) is 3.34. The zero-order chi connectivity index (χ0) is 20.9. The minimum Gasteiger partial charge on any atom is -0.448 e. The van der Waals surface area contributed by atoms with E-state index in [0.717, 1.165) is 17.0 Å². The quantitative estimate of drug-likeness (QED) is 0.780. The van der Waals surface area contributed by atoms with E-state index in [9.17, 15) is 23.1 Å². The summed E-state index contributed by atoms with van der Waals surface area (Å²) >= 11 is 0. The third-order valence-corrected chi connectivity index (χ3v) is 3.34. The summed E-state index contributed by atoms with van der Waals surface area (Å²) < 4.78 is 48.2. The predicted octanol–water partition coefficient (Wildman–Crippen LogP) is 4.45. The average molecular weight is 395 g/mol. The Morgan fingerprint density at radius 3 is 2.36 bits per heavy atom. The minimum atomic E-state index is -4.43. The first-order valence-corrected chi connectivity index (χ1v) is 8.36. The Labute approximate surface area is 160 Å². The third kappa shape index (κ3) is 6.35. The second-order valence-electron chi connectivity index (χ2n) is 6.90. The Kier molecular flexibility index (Phi) is 6.41. The van der Waals surface area contributed by atoms with Crippen LogP contribution >= 0.6 is 0 Å². The first-order valence-electron chi connectivity index (χ1n) is 8.36. The summed E-state index contributed by atoms with van der Waals surface area (Å²) in [5.41, 5.74) is -1.24. The molecule has 2 aromatic rings. The normalized spacial score (nSPS) is 12.7. The largest absolute Gasteiger partial charge is 0.448 e. The van der Waals surface area contributed by atoms with Crippen LogP contribution < -0.4 is 4.90 Å². The molecule has 0 radical (unpaired) electrons. The van der Waals surface area contributed by atoms with Crippen molar-refractivity contribution in [2.75, 3.05) is 11.4 Å². The highest BCUT2D eigenvalue weighted by atomic mass is 19.4. The smallest absolute Gasteiger partial charge is 0.417 e. The zero-order valence-electron chi connectivity index (χ0n) is 15.6. The van der Waals surface area contributed by atoms with Gasteiger partial charge in [-0.3, -0.25) is 0 Å². The molecular formula is C20H20F3NO4. The molecule has 1 aromatic carbocycles. The number of alkyl halides is 3. The Morgan fingerprint density at radius 2 is 1.86 bits per heavy atom. The molecule has 0 fully saturated rings. The number of benzene rings is 1. The second kappa shape index (κ2) is 8.40. The fraction of sp³-hybridized carbons (Fsp3) is 0.350. The fourth-order valence-electron chi connectivity index (χ4n) is 2.12. The number of anilines is 1. The van der Waals surface area contributed by atoms with E-state index < -0.39 is 29.5 Å². The van der Waals surface area contributed by atoms with Crippen LogP contribution in [0.3, 0.4) is 0 Å². The lowest BCUT2D eigenvalue weighted by molar-refractivity contribution is -0.137. The molecule has 1 atom stereocenters. The predicted molar refractivity (Wildman–Crippen MR) is 96.6 cm³/mol. The van der Waals surface area contributed by atoms with E-state index in [4.69, 9.17) is 9.15 Å². The molecule has 1 amide bonds. The standard InChI is InChI=1S/C20H20F3NO4/c1-19(2,3)28-18(26)24(17-5-4-12-27-17)13-16(25)11-8-14-6-9-15(10-7-14)20(21,22)23/h4-7,9-10,12,16,25H,13H2,1-3H3. The summed E-state index contributed by atoms with van der Waals surface area (Å²) in [6, 6.07) is 7.34. The number of carbonyl (C=O) groups excluding carboxylic acids is 1. The summed E-state index contributed by atoms with van der Waals surface area (Å²) in [6.45, 7) is 4.86. The lowest BCUT2D eigenvalue weighted by atomic mass is 10.1. The van der Waals surface area contributed by atoms with Gasteiger partial charge in [-0.2, -0.15) is 13.2 Å². The van der Waals surface area contributed by atoms with Crippen LogP contribution in [0, 0.1) is 11.8 Å². The number of hydrogen-bond acceptors (Lipinski definition) is 4. The SMILES string of the molecule is CC(C)(C)OC(=O)N(CC(O)C#Cc1ccc(C(F)(F)F)cc1)c1ccco1. The van der Waals surface area contributed by atoms with Crippen LogP contribution in [0.2, 0.25) is 0 Å². The van der Waals surface area contributed by atoms with Gasteiger partial charge in [0.2, 0.25) is 5.88 Å². The minimum absolute atomic E-state index is 0.171. The molecule has 150 valence electrons. The van der Waals surface area contributed by atoms with E-state index in [0.29, 0.717) is 5.56 Å². The van der Waals surface area contributed by atoms with Crippen molar-refractivity contribution in [3.05, 3.63) is 53.8 Å². The molecule has 5 nitrogen and oxygen atoms in total. The Bertz CT molecular complexity index is 841. The van der Waals surface area contributed by atoms with Gasteiger partial charge in [-0.25, -0.2) is 9.69 Å². The maximum absolute atomic E-state index is 12.6. The van der Waals surface area contributed by atoms with Crippen molar-refractivity contribution in [1.29, 1.82) is 0 Å². The van der Waals surface area contributed by atoms with E-state index in [1.54, 1.807) is 26.8 Å². The van der Waals surface area contributed by atoms with Gasteiger partial charge in [0.15, 0.2) is 0 Å². The number of rotatable bonds is 3. The molecule has 1 unspecified atom stereocenters. The number of hydrogen-bond donors (Lipinski definition) is 1. The molecule has 1 aromatic heterocycles. The van der Waals surface area contributed by atoms with E-state index in [1.807, 2.05) is 0 Å². The fourth-order valence-corrected chi connectivity index (χ4v) is 2.12. The Hall–Kier alpha value is -2.92. The van der Waals surface area contributed by atoms with Crippen molar-refractivity contribution in [3.8, 4) is 11.8 Å². The van der Waals surface area contributed by atoms with Crippen molar-refractivity contribution >= 4 is 12.0 Å². The van der Waals surface area contributed by atoms with Crippen molar-refractivity contribution in [2.24, 2.45) is 0 Å². The van der Waals surface area contributed by atoms with Gasteiger partial charge in [0.25, 0.3) is 0 Å². The molecule has 1 heterocycles. The van der Waals surface area contributed by atoms with E-state index in [2.05, 4.69) is 11.8 Å². The van der Waals surface area contributed by atoms with E-state index in [-0.39, 0.29) is 12.4 Å². The summed E-state index contributed by atoms with van der Waals surface area (Å²) in [5.74, 6) is 5.26. The highest BCUT2D eigenvalue weighted by Gasteiger charge is 2.30. The Balaban J connectivity index is 2.11. The number of aliphatic hydroxyl groups excluding tert-OH is 1. The van der Waals surface area contributed by atoms with Gasteiger partial charge in [0.05, 0.1) is 18.4 Å². The topological polar surface area (TPSA) is 62.9 Å². The molecule has 0 saturated carbocycles. The van der Waals surface area contributed by atoms with Gasteiger partial charge in [-0.15, -0.1) is 0 Å². The van der Waals surface area contributed by atoms with Crippen molar-refractivity contribution in [3.63, 3.8) is 0 Å². The van der Waals surface area contributed by atoms with Gasteiger partial charge < -0.3 is 14.3 Å². The number of carbonyl (C=O) groups is 1. The second-order valence-corrected chi connectivity index (χ2v) is 6.90. The summed E-state index contributed by atoms with van der Waals surface area (Å²) in [4.78, 5) is 13.5. The van der Waals surface area contributed by atoms with Crippen molar-refractivity contribution < 1.29 is 32.2 Å². The van der Waals surface area contributed by atoms with Crippen LogP contribution in [0.15, 0.2) is 47.1 Å². The number of nitrogens with zero attached hydrogens (tertiary/aromatic N) is 1. The number of amides is 1.